The number of hydrogen-bond acceptors (Lipinski definition) is 1. The van der Waals surface area contributed by atoms with E-state index in [4.69, 9.17) is 0 Å². The lowest BCUT2D eigenvalue weighted by Gasteiger charge is -2.09. The largest absolute Gasteiger partial charge is 0.378 e. The Bertz CT molecular complexity index is 596. The summed E-state index contributed by atoms with van der Waals surface area (Å²) in [7, 11) is 0. The van der Waals surface area contributed by atoms with Gasteiger partial charge in [-0.3, -0.25) is 0 Å². The molecule has 0 radical (unpaired) electrons. The maximum absolute atomic E-state index is 13.4. The Morgan fingerprint density at radius 1 is 0.895 bits per heavy atom. The number of benzene rings is 2. The van der Waals surface area contributed by atoms with Crippen LogP contribution in [-0.4, -0.2) is 0 Å². The number of halogens is 5. The summed E-state index contributed by atoms with van der Waals surface area (Å²) in [5, 5.41) is 2.52. The van der Waals surface area contributed by atoms with Crippen LogP contribution in [0, 0.1) is 23.3 Å². The Hall–Kier alpha value is -1.56. The van der Waals surface area contributed by atoms with Gasteiger partial charge in [0.2, 0.25) is 0 Å². The number of anilines is 1. The van der Waals surface area contributed by atoms with Crippen LogP contribution in [0.25, 0.3) is 0 Å². The minimum Gasteiger partial charge on any atom is -0.378 e. The van der Waals surface area contributed by atoms with Gasteiger partial charge >= 0.3 is 0 Å². The van der Waals surface area contributed by atoms with E-state index in [2.05, 4.69) is 21.2 Å². The Labute approximate surface area is 115 Å². The molecule has 0 aliphatic rings. The standard InChI is InChI=1S/C13H8BrF4N/c14-8-1-7(2-9(15)3-8)6-19-12-5-10(16)4-11(17)13(12)18/h1-5,19H,6H2. The van der Waals surface area contributed by atoms with Gasteiger partial charge in [0.15, 0.2) is 11.6 Å². The molecule has 100 valence electrons. The highest BCUT2D eigenvalue weighted by Crippen LogP contribution is 2.21. The third-order valence-electron chi connectivity index (χ3n) is 2.40. The van der Waals surface area contributed by atoms with Crippen LogP contribution in [-0.2, 0) is 6.54 Å². The maximum Gasteiger partial charge on any atom is 0.182 e. The van der Waals surface area contributed by atoms with Gasteiger partial charge in [-0.15, -0.1) is 0 Å². The van der Waals surface area contributed by atoms with Crippen LogP contribution in [0.4, 0.5) is 23.2 Å². The van der Waals surface area contributed by atoms with Crippen molar-refractivity contribution in [3.8, 4) is 0 Å². The van der Waals surface area contributed by atoms with Gasteiger partial charge in [-0.2, -0.15) is 0 Å². The molecule has 0 amide bonds. The molecule has 0 saturated carbocycles. The highest BCUT2D eigenvalue weighted by Gasteiger charge is 2.10. The first-order valence-corrected chi connectivity index (χ1v) is 6.08. The summed E-state index contributed by atoms with van der Waals surface area (Å²) in [4.78, 5) is 0. The van der Waals surface area contributed by atoms with E-state index < -0.39 is 23.3 Å². The highest BCUT2D eigenvalue weighted by atomic mass is 79.9. The van der Waals surface area contributed by atoms with Crippen molar-refractivity contribution in [2.45, 2.75) is 6.54 Å². The van der Waals surface area contributed by atoms with Gasteiger partial charge in [0.05, 0.1) is 5.69 Å². The second-order valence-corrected chi connectivity index (χ2v) is 4.80. The molecule has 0 heterocycles. The van der Waals surface area contributed by atoms with Crippen LogP contribution >= 0.6 is 15.9 Å². The first-order chi connectivity index (χ1) is 8.95. The van der Waals surface area contributed by atoms with Crippen molar-refractivity contribution in [2.75, 3.05) is 5.32 Å². The molecule has 0 aliphatic carbocycles. The van der Waals surface area contributed by atoms with Crippen molar-refractivity contribution in [3.05, 3.63) is 63.6 Å². The van der Waals surface area contributed by atoms with Crippen molar-refractivity contribution in [1.29, 1.82) is 0 Å². The zero-order valence-corrected chi connectivity index (χ0v) is 11.1. The molecular formula is C13H8BrF4N. The molecule has 0 fully saturated rings. The third-order valence-corrected chi connectivity index (χ3v) is 2.86. The third kappa shape index (κ3) is 3.47. The van der Waals surface area contributed by atoms with Gasteiger partial charge in [-0.1, -0.05) is 15.9 Å². The Kier molecular flexibility index (Phi) is 4.09. The maximum atomic E-state index is 13.4. The molecule has 0 unspecified atom stereocenters. The van der Waals surface area contributed by atoms with Crippen LogP contribution < -0.4 is 5.32 Å². The number of rotatable bonds is 3. The minimum atomic E-state index is -1.28. The lowest BCUT2D eigenvalue weighted by molar-refractivity contribution is 0.497. The van der Waals surface area contributed by atoms with E-state index in [9.17, 15) is 17.6 Å². The van der Waals surface area contributed by atoms with Gasteiger partial charge in [0, 0.05) is 23.2 Å². The molecule has 6 heteroatoms. The smallest absolute Gasteiger partial charge is 0.182 e. The summed E-state index contributed by atoms with van der Waals surface area (Å²) in [6.07, 6.45) is 0. The van der Waals surface area contributed by atoms with E-state index in [-0.39, 0.29) is 12.2 Å². The van der Waals surface area contributed by atoms with Crippen molar-refractivity contribution in [1.82, 2.24) is 0 Å². The molecule has 0 atom stereocenters. The number of nitrogens with one attached hydrogen (secondary N) is 1. The lowest BCUT2D eigenvalue weighted by Crippen LogP contribution is -2.04. The van der Waals surface area contributed by atoms with Crippen LogP contribution in [0.15, 0.2) is 34.8 Å². The van der Waals surface area contributed by atoms with E-state index in [0.29, 0.717) is 16.1 Å². The van der Waals surface area contributed by atoms with E-state index >= 15 is 0 Å². The van der Waals surface area contributed by atoms with Crippen molar-refractivity contribution in [3.63, 3.8) is 0 Å². The minimum absolute atomic E-state index is 0.0379. The molecule has 0 aromatic heterocycles. The molecule has 0 aliphatic heterocycles. The second kappa shape index (κ2) is 5.61. The normalized spacial score (nSPS) is 10.6. The van der Waals surface area contributed by atoms with Gasteiger partial charge in [-0.05, 0) is 23.8 Å². The Balaban J connectivity index is 2.19. The van der Waals surface area contributed by atoms with E-state index in [1.165, 1.54) is 12.1 Å². The molecule has 1 N–H and O–H groups in total. The van der Waals surface area contributed by atoms with E-state index in [1.54, 1.807) is 6.07 Å². The fourth-order valence-corrected chi connectivity index (χ4v) is 2.11. The predicted molar refractivity (Wildman–Crippen MR) is 67.7 cm³/mol. The van der Waals surface area contributed by atoms with Crippen LogP contribution in [0.3, 0.4) is 0 Å². The zero-order chi connectivity index (χ0) is 14.0. The number of hydrogen-bond donors (Lipinski definition) is 1. The molecule has 0 bridgehead atoms. The molecule has 2 rings (SSSR count). The summed E-state index contributed by atoms with van der Waals surface area (Å²) < 4.78 is 52.9. The predicted octanol–water partition coefficient (Wildman–Crippen LogP) is 4.62. The fourth-order valence-electron chi connectivity index (χ4n) is 1.59. The molecule has 19 heavy (non-hydrogen) atoms. The lowest BCUT2D eigenvalue weighted by atomic mass is 10.2. The first-order valence-electron chi connectivity index (χ1n) is 5.29. The van der Waals surface area contributed by atoms with E-state index in [1.807, 2.05) is 0 Å². The molecule has 2 aromatic rings. The zero-order valence-electron chi connectivity index (χ0n) is 9.48. The highest BCUT2D eigenvalue weighted by molar-refractivity contribution is 9.10. The average Bonchev–Trinajstić information content (AvgIpc) is 2.30. The summed E-state index contributed by atoms with van der Waals surface area (Å²) in [6.45, 7) is 0.0379. The van der Waals surface area contributed by atoms with Crippen LogP contribution in [0.2, 0.25) is 0 Å². The summed E-state index contributed by atoms with van der Waals surface area (Å²) in [5.41, 5.74) is 0.203. The summed E-state index contributed by atoms with van der Waals surface area (Å²) >= 11 is 3.12. The van der Waals surface area contributed by atoms with Crippen molar-refractivity contribution < 1.29 is 17.6 Å². The molecule has 0 spiro atoms. The average molecular weight is 334 g/mol. The fraction of sp³-hybridized carbons (Fsp3) is 0.0769. The molecule has 2 aromatic carbocycles. The molecule has 0 saturated heterocycles. The second-order valence-electron chi connectivity index (χ2n) is 3.88. The topological polar surface area (TPSA) is 12.0 Å². The van der Waals surface area contributed by atoms with Crippen LogP contribution in [0.5, 0.6) is 0 Å². The first kappa shape index (κ1) is 13.9. The van der Waals surface area contributed by atoms with E-state index in [0.717, 1.165) is 6.07 Å². The van der Waals surface area contributed by atoms with Gasteiger partial charge < -0.3 is 5.32 Å². The Morgan fingerprint density at radius 2 is 1.58 bits per heavy atom. The van der Waals surface area contributed by atoms with Crippen molar-refractivity contribution >= 4 is 21.6 Å². The summed E-state index contributed by atoms with van der Waals surface area (Å²) in [5.74, 6) is -3.79. The Morgan fingerprint density at radius 3 is 2.26 bits per heavy atom. The SMILES string of the molecule is Fc1cc(Br)cc(CNc2cc(F)cc(F)c2F)c1. The van der Waals surface area contributed by atoms with Gasteiger partial charge in [0.1, 0.15) is 11.6 Å². The van der Waals surface area contributed by atoms with Gasteiger partial charge in [-0.25, -0.2) is 17.6 Å². The van der Waals surface area contributed by atoms with Crippen molar-refractivity contribution in [2.24, 2.45) is 0 Å². The van der Waals surface area contributed by atoms with Gasteiger partial charge in [0.25, 0.3) is 0 Å². The quantitative estimate of drug-likeness (QED) is 0.638. The molecule has 1 nitrogen and oxygen atoms in total. The summed E-state index contributed by atoms with van der Waals surface area (Å²) in [6, 6.07) is 5.42. The molecular weight excluding hydrogens is 326 g/mol. The monoisotopic (exact) mass is 333 g/mol. The van der Waals surface area contributed by atoms with Crippen LogP contribution in [0.1, 0.15) is 5.56 Å².